The van der Waals surface area contributed by atoms with Gasteiger partial charge in [-0.05, 0) is 43.6 Å². The number of hydrogen-bond donors (Lipinski definition) is 1. The molecule has 6 nitrogen and oxygen atoms in total. The maximum absolute atomic E-state index is 14.5. The topological polar surface area (TPSA) is 70.1 Å². The molecule has 1 amide bonds. The van der Waals surface area contributed by atoms with Crippen LogP contribution in [0.25, 0.3) is 0 Å². The average Bonchev–Trinajstić information content (AvgIpc) is 2.75. The number of rotatable bonds is 5. The molecule has 8 heteroatoms. The number of benzene rings is 1. The van der Waals surface area contributed by atoms with Crippen LogP contribution in [0.15, 0.2) is 12.1 Å². The van der Waals surface area contributed by atoms with Crippen molar-refractivity contribution >= 4 is 12.4 Å². The normalized spacial score (nSPS) is 27.7. The third-order valence-electron chi connectivity index (χ3n) is 6.90. The monoisotopic (exact) mass is 438 g/mol. The lowest BCUT2D eigenvalue weighted by molar-refractivity contribution is -0.153. The van der Waals surface area contributed by atoms with Gasteiger partial charge in [0.2, 0.25) is 11.7 Å². The van der Waals surface area contributed by atoms with E-state index in [1.54, 1.807) is 6.07 Å². The molecule has 0 saturated carbocycles. The van der Waals surface area contributed by atoms with Crippen LogP contribution in [0.1, 0.15) is 51.0 Å². The second-order valence-electron chi connectivity index (χ2n) is 8.73. The lowest BCUT2D eigenvalue weighted by Crippen LogP contribution is -2.64. The van der Waals surface area contributed by atoms with Crippen LogP contribution in [0.3, 0.4) is 0 Å². The Bertz CT molecular complexity index is 791. The third-order valence-corrected chi connectivity index (χ3v) is 6.90. The van der Waals surface area contributed by atoms with Gasteiger partial charge >= 0.3 is 0 Å². The van der Waals surface area contributed by atoms with Crippen LogP contribution < -0.4 is 4.74 Å². The molecular weight excluding hydrogens is 406 g/mol. The van der Waals surface area contributed by atoms with Gasteiger partial charge < -0.3 is 14.7 Å². The largest absolute Gasteiger partial charge is 0.494 e. The van der Waals surface area contributed by atoms with Crippen molar-refractivity contribution in [2.45, 2.75) is 64.1 Å². The van der Waals surface area contributed by atoms with Gasteiger partial charge in [-0.2, -0.15) is 4.39 Å². The van der Waals surface area contributed by atoms with Gasteiger partial charge in [0.05, 0.1) is 7.11 Å². The van der Waals surface area contributed by atoms with Crippen molar-refractivity contribution in [2.75, 3.05) is 20.2 Å². The summed E-state index contributed by atoms with van der Waals surface area (Å²) in [6, 6.07) is 3.73. The standard InChI is InChI=1S/C22H30F2N2O2.CH2O2/c1-3-5-17-15-10-16(18-6-4-7-20(27)26(17)18)13-25(12-15)11-14-8-9-19(28-2)22(24)21(14)23;2-1-3/h8-9,15-18H,3-7,10-13H2,1-2H3;1H,(H,2,3)/t15-,16+,17-,18-;/m0./s1. The summed E-state index contributed by atoms with van der Waals surface area (Å²) >= 11 is 0. The van der Waals surface area contributed by atoms with Gasteiger partial charge in [0.25, 0.3) is 6.47 Å². The van der Waals surface area contributed by atoms with Crippen LogP contribution in [-0.4, -0.2) is 59.6 Å². The zero-order chi connectivity index (χ0) is 22.5. The molecule has 1 aromatic rings. The number of hydrogen-bond acceptors (Lipinski definition) is 4. The lowest BCUT2D eigenvalue weighted by Gasteiger charge is -2.57. The molecule has 3 saturated heterocycles. The molecule has 1 N–H and O–H groups in total. The molecule has 3 fully saturated rings. The maximum atomic E-state index is 14.5. The number of carbonyl (C=O) groups excluding carboxylic acids is 1. The smallest absolute Gasteiger partial charge is 0.290 e. The van der Waals surface area contributed by atoms with Crippen LogP contribution in [0, 0.1) is 23.5 Å². The van der Waals surface area contributed by atoms with E-state index in [1.165, 1.54) is 13.2 Å². The van der Waals surface area contributed by atoms with Crippen molar-refractivity contribution in [1.82, 2.24) is 9.80 Å². The van der Waals surface area contributed by atoms with Gasteiger partial charge in [-0.3, -0.25) is 14.5 Å². The maximum Gasteiger partial charge on any atom is 0.290 e. The van der Waals surface area contributed by atoms with Crippen LogP contribution in [0.2, 0.25) is 0 Å². The Labute approximate surface area is 182 Å². The Morgan fingerprint density at radius 1 is 1.23 bits per heavy atom. The molecule has 3 aliphatic heterocycles. The number of carboxylic acid groups (broad SMARTS) is 1. The molecule has 0 radical (unpaired) electrons. The summed E-state index contributed by atoms with van der Waals surface area (Å²) in [4.78, 5) is 25.5. The van der Waals surface area contributed by atoms with E-state index in [9.17, 15) is 13.6 Å². The first-order valence-corrected chi connectivity index (χ1v) is 11.1. The molecule has 0 unspecified atom stereocenters. The van der Waals surface area contributed by atoms with Crippen molar-refractivity contribution in [3.05, 3.63) is 29.3 Å². The molecule has 4 atom stereocenters. The fourth-order valence-corrected chi connectivity index (χ4v) is 5.76. The van der Waals surface area contributed by atoms with Crippen molar-refractivity contribution in [3.63, 3.8) is 0 Å². The van der Waals surface area contributed by atoms with Gasteiger partial charge in [-0.25, -0.2) is 4.39 Å². The van der Waals surface area contributed by atoms with Crippen LogP contribution in [-0.2, 0) is 16.1 Å². The molecule has 2 bridgehead atoms. The van der Waals surface area contributed by atoms with E-state index in [2.05, 4.69) is 16.7 Å². The highest BCUT2D eigenvalue weighted by atomic mass is 19.2. The number of carbonyl (C=O) groups is 2. The molecule has 1 aromatic carbocycles. The molecule has 172 valence electrons. The van der Waals surface area contributed by atoms with E-state index in [4.69, 9.17) is 14.6 Å². The predicted octanol–water partition coefficient (Wildman–Crippen LogP) is 3.68. The Morgan fingerprint density at radius 3 is 2.61 bits per heavy atom. The van der Waals surface area contributed by atoms with Crippen molar-refractivity contribution < 1.29 is 28.2 Å². The second kappa shape index (κ2) is 10.4. The summed E-state index contributed by atoms with van der Waals surface area (Å²) in [7, 11) is 1.34. The molecule has 0 spiro atoms. The first-order valence-electron chi connectivity index (χ1n) is 11.1. The van der Waals surface area contributed by atoms with Gasteiger partial charge in [0.1, 0.15) is 0 Å². The molecule has 3 aliphatic rings. The lowest BCUT2D eigenvalue weighted by atomic mass is 9.71. The van der Waals surface area contributed by atoms with Gasteiger partial charge in [-0.1, -0.05) is 19.4 Å². The van der Waals surface area contributed by atoms with Crippen LogP contribution in [0.4, 0.5) is 8.78 Å². The summed E-state index contributed by atoms with van der Waals surface area (Å²) in [5.41, 5.74) is 0.377. The second-order valence-corrected chi connectivity index (χ2v) is 8.73. The third kappa shape index (κ3) is 4.84. The number of ether oxygens (including phenoxy) is 1. The van der Waals surface area contributed by atoms with Gasteiger partial charge in [0.15, 0.2) is 11.6 Å². The number of likely N-dealkylation sites (tertiary alicyclic amines) is 1. The number of halogens is 2. The van der Waals surface area contributed by atoms with Crippen molar-refractivity contribution in [2.24, 2.45) is 11.8 Å². The van der Waals surface area contributed by atoms with E-state index in [1.807, 2.05) is 0 Å². The SMILES string of the molecule is CCC[C@H]1[C@H]2C[C@H](CN(Cc3ccc(OC)c(F)c3F)C2)[C@@H]2CCCC(=O)N21.O=CO. The zero-order valence-corrected chi connectivity index (χ0v) is 18.2. The highest BCUT2D eigenvalue weighted by molar-refractivity contribution is 5.78. The fraction of sp³-hybridized carbons (Fsp3) is 0.652. The van der Waals surface area contributed by atoms with Crippen LogP contribution >= 0.6 is 0 Å². The van der Waals surface area contributed by atoms with E-state index in [0.717, 1.165) is 45.2 Å². The van der Waals surface area contributed by atoms with Crippen molar-refractivity contribution in [3.8, 4) is 5.75 Å². The van der Waals surface area contributed by atoms with E-state index in [-0.39, 0.29) is 12.2 Å². The predicted molar refractivity (Wildman–Crippen MR) is 112 cm³/mol. The summed E-state index contributed by atoms with van der Waals surface area (Å²) in [6.07, 6.45) is 5.95. The Balaban J connectivity index is 0.000000858. The summed E-state index contributed by atoms with van der Waals surface area (Å²) < 4.78 is 33.5. The molecule has 0 aliphatic carbocycles. The molecular formula is C23H32F2N2O4. The first kappa shape index (κ1) is 23.4. The van der Waals surface area contributed by atoms with Gasteiger partial charge in [0, 0.05) is 43.7 Å². The van der Waals surface area contributed by atoms with E-state index in [0.29, 0.717) is 48.4 Å². The quantitative estimate of drug-likeness (QED) is 0.711. The number of amides is 1. The fourth-order valence-electron chi connectivity index (χ4n) is 5.76. The highest BCUT2D eigenvalue weighted by Crippen LogP contribution is 2.43. The molecule has 0 aromatic heterocycles. The zero-order valence-electron chi connectivity index (χ0n) is 18.2. The Kier molecular flexibility index (Phi) is 7.86. The minimum absolute atomic E-state index is 0.0591. The van der Waals surface area contributed by atoms with E-state index < -0.39 is 11.6 Å². The van der Waals surface area contributed by atoms with Crippen molar-refractivity contribution in [1.29, 1.82) is 0 Å². The first-order chi connectivity index (χ1) is 14.9. The summed E-state index contributed by atoms with van der Waals surface area (Å²) in [5.74, 6) is -0.609. The number of nitrogens with zero attached hydrogens (tertiary/aromatic N) is 2. The van der Waals surface area contributed by atoms with Gasteiger partial charge in [-0.15, -0.1) is 0 Å². The Morgan fingerprint density at radius 2 is 1.94 bits per heavy atom. The van der Waals surface area contributed by atoms with Crippen LogP contribution in [0.5, 0.6) is 5.75 Å². The van der Waals surface area contributed by atoms with E-state index >= 15 is 0 Å². The molecule has 3 heterocycles. The minimum Gasteiger partial charge on any atom is -0.494 e. The number of methoxy groups -OCH3 is 1. The minimum atomic E-state index is -0.912. The average molecular weight is 439 g/mol. The Hall–Kier alpha value is -2.22. The molecule has 4 rings (SSSR count). The summed E-state index contributed by atoms with van der Waals surface area (Å²) in [5, 5.41) is 6.89. The summed E-state index contributed by atoms with van der Waals surface area (Å²) in [6.45, 7) is 4.01. The molecule has 31 heavy (non-hydrogen) atoms. The number of piperidine rings is 3. The highest BCUT2D eigenvalue weighted by Gasteiger charge is 2.48. The number of fused-ring (bicyclic) bond motifs is 4.